The van der Waals surface area contributed by atoms with Crippen LogP contribution in [0.15, 0.2) is 199 Å². The van der Waals surface area contributed by atoms with E-state index in [4.69, 9.17) is 18.3 Å². The van der Waals surface area contributed by atoms with Gasteiger partial charge in [-0.1, -0.05) is 207 Å². The number of nitriles is 1. The van der Waals surface area contributed by atoms with E-state index in [0.717, 1.165) is 100 Å². The van der Waals surface area contributed by atoms with Gasteiger partial charge >= 0.3 is 0 Å². The maximum absolute atomic E-state index is 10.3. The molecule has 89 heavy (non-hydrogen) atoms. The molecule has 0 N–H and O–H groups in total. The first kappa shape index (κ1) is 52.7. The van der Waals surface area contributed by atoms with Gasteiger partial charge in [0.2, 0.25) is 0 Å². The van der Waals surface area contributed by atoms with Gasteiger partial charge in [-0.15, -0.1) is 0 Å². The standard InChI is InChI=1S/C82H81N5O2/c1-50(2)62-27-22-28-63(51(3)4)74(62)55-42-59(85-49-86(69-32-20-19-31-68(69)85)77-64(52-24-17-16-18-25-52)29-23-30-65(77)54-40-57(79(5,6)7)44-58(41-54)80(8,9)10)46-61(43-55)88-60-34-35-66-71(47-60)87(73-45-56(38-39-84-73)82(14,15)81(11,12)13)70-37-36-67-75-53(48-83)26-21-33-72(75)89-78(67)76(66)70/h16-47,50-51H,49H2,1-15H3/i16D,17D,18D,24D,25D. The van der Waals surface area contributed by atoms with Crippen LogP contribution in [0.1, 0.15) is 156 Å². The van der Waals surface area contributed by atoms with Crippen molar-refractivity contribution in [2.75, 3.05) is 16.5 Å². The molecule has 0 atom stereocenters. The third-order valence-electron chi connectivity index (χ3n) is 19.0. The average Bonchev–Trinajstić information content (AvgIpc) is 1.54. The SMILES string of the molecule is [2H]c1c([2H])c([2H])c(-c2cccc(-c3cc(C(C)(C)C)cc(C(C)(C)C)c3)c2N2CN(c3cc(Oc4ccc5c6c7oc8cccc(C#N)c8c7ccc6n(-c6cc(C(C)(C)C(C)(C)C)ccn6)c5c4)cc(-c4c(C(C)C)cccc4C(C)C)c3)c3ccccc32)c([2H])c1[2H]. The van der Waals surface area contributed by atoms with Gasteiger partial charge in [-0.05, 0) is 156 Å². The molecule has 0 saturated heterocycles. The highest BCUT2D eigenvalue weighted by Gasteiger charge is 2.36. The van der Waals surface area contributed by atoms with Crippen LogP contribution in [-0.4, -0.2) is 16.2 Å². The molecule has 0 aliphatic carbocycles. The fourth-order valence-electron chi connectivity index (χ4n) is 13.0. The molecule has 0 unspecified atom stereocenters. The molecule has 9 aromatic carbocycles. The number of ether oxygens (including phenoxy) is 1. The van der Waals surface area contributed by atoms with Crippen LogP contribution in [0, 0.1) is 16.7 Å². The molecule has 7 heteroatoms. The van der Waals surface area contributed by atoms with Gasteiger partial charge in [-0.2, -0.15) is 5.26 Å². The second-order valence-corrected chi connectivity index (χ2v) is 28.4. The van der Waals surface area contributed by atoms with E-state index in [1.165, 1.54) is 11.1 Å². The minimum atomic E-state index is -0.440. The predicted octanol–water partition coefficient (Wildman–Crippen LogP) is 23.2. The molecular formula is C82H81N5O2. The smallest absolute Gasteiger partial charge is 0.145 e. The lowest BCUT2D eigenvalue weighted by Gasteiger charge is -2.39. The first-order valence-electron chi connectivity index (χ1n) is 33.7. The molecule has 12 aromatic rings. The van der Waals surface area contributed by atoms with Gasteiger partial charge in [0, 0.05) is 51.3 Å². The number of hydrogen-bond acceptors (Lipinski definition) is 6. The Morgan fingerprint density at radius 1 is 0.562 bits per heavy atom. The summed E-state index contributed by atoms with van der Waals surface area (Å²) in [5.74, 6) is 2.34. The van der Waals surface area contributed by atoms with Crippen LogP contribution in [0.2, 0.25) is 0 Å². The average molecular weight is 1170 g/mol. The van der Waals surface area contributed by atoms with Gasteiger partial charge < -0.3 is 19.0 Å². The number of benzene rings is 9. The van der Waals surface area contributed by atoms with Crippen LogP contribution in [0.5, 0.6) is 11.5 Å². The number of rotatable bonds is 11. The maximum atomic E-state index is 10.3. The minimum absolute atomic E-state index is 0.0719. The zero-order valence-corrected chi connectivity index (χ0v) is 54.0. The van der Waals surface area contributed by atoms with Gasteiger partial charge in [0.1, 0.15) is 35.2 Å². The molecule has 13 rings (SSSR count). The van der Waals surface area contributed by atoms with Crippen molar-refractivity contribution < 1.29 is 16.0 Å². The molecule has 0 spiro atoms. The number of anilines is 4. The summed E-state index contributed by atoms with van der Waals surface area (Å²) in [6.45, 7) is 34.0. The van der Waals surface area contributed by atoms with Crippen LogP contribution in [0.3, 0.4) is 0 Å². The Balaban J connectivity index is 1.04. The van der Waals surface area contributed by atoms with Crippen LogP contribution < -0.4 is 14.5 Å². The second kappa shape index (κ2) is 21.7. The molecule has 4 heterocycles. The van der Waals surface area contributed by atoms with E-state index in [1.54, 1.807) is 0 Å². The Hall–Kier alpha value is -9.38. The highest BCUT2D eigenvalue weighted by molar-refractivity contribution is 6.24. The largest absolute Gasteiger partial charge is 0.457 e. The van der Waals surface area contributed by atoms with Crippen molar-refractivity contribution in [1.29, 1.82) is 5.26 Å². The normalized spacial score (nSPS) is 14.0. The highest BCUT2D eigenvalue weighted by atomic mass is 16.5. The first-order chi connectivity index (χ1) is 44.5. The first-order valence-corrected chi connectivity index (χ1v) is 31.2. The number of hydrogen-bond donors (Lipinski definition) is 0. The third-order valence-corrected chi connectivity index (χ3v) is 19.0. The molecule has 446 valence electrons. The summed E-state index contributed by atoms with van der Waals surface area (Å²) < 4.78 is 62.0. The van der Waals surface area contributed by atoms with E-state index in [0.29, 0.717) is 33.8 Å². The number of aromatic nitrogens is 2. The molecule has 0 radical (unpaired) electrons. The van der Waals surface area contributed by atoms with E-state index in [-0.39, 0.29) is 57.8 Å². The quantitative estimate of drug-likeness (QED) is 0.129. The lowest BCUT2D eigenvalue weighted by atomic mass is 9.65. The molecular weight excluding hydrogens is 1090 g/mol. The fourth-order valence-corrected chi connectivity index (χ4v) is 13.0. The van der Waals surface area contributed by atoms with Crippen molar-refractivity contribution in [1.82, 2.24) is 9.55 Å². The Morgan fingerprint density at radius 2 is 1.20 bits per heavy atom. The predicted molar refractivity (Wildman–Crippen MR) is 373 cm³/mol. The summed E-state index contributed by atoms with van der Waals surface area (Å²) >= 11 is 0. The molecule has 3 aromatic heterocycles. The number of fused-ring (bicyclic) bond motifs is 8. The van der Waals surface area contributed by atoms with Crippen molar-refractivity contribution in [2.24, 2.45) is 5.41 Å². The fraction of sp³-hybridized carbons (Fsp3) is 0.268. The molecule has 1 aliphatic rings. The lowest BCUT2D eigenvalue weighted by Crippen LogP contribution is -2.34. The van der Waals surface area contributed by atoms with E-state index in [1.807, 2.05) is 48.7 Å². The van der Waals surface area contributed by atoms with Crippen LogP contribution in [-0.2, 0) is 16.2 Å². The minimum Gasteiger partial charge on any atom is -0.457 e. The van der Waals surface area contributed by atoms with Gasteiger partial charge in [0.05, 0.1) is 52.0 Å². The van der Waals surface area contributed by atoms with Crippen molar-refractivity contribution >= 4 is 66.5 Å². The van der Waals surface area contributed by atoms with E-state index in [2.05, 4.69) is 240 Å². The summed E-state index contributed by atoms with van der Waals surface area (Å²) in [5.41, 5.74) is 16.9. The molecule has 0 amide bonds. The summed E-state index contributed by atoms with van der Waals surface area (Å²) in [6, 6.07) is 55.3. The Bertz CT molecular complexity index is 5030. The molecule has 7 nitrogen and oxygen atoms in total. The van der Waals surface area contributed by atoms with Crippen molar-refractivity contribution in [2.45, 2.75) is 132 Å². The van der Waals surface area contributed by atoms with E-state index in [9.17, 15) is 8.00 Å². The number of nitrogens with zero attached hydrogens (tertiary/aromatic N) is 5. The number of pyridine rings is 1. The highest BCUT2D eigenvalue weighted by Crippen LogP contribution is 2.53. The summed E-state index contributed by atoms with van der Waals surface area (Å²) in [4.78, 5) is 9.69. The summed E-state index contributed by atoms with van der Waals surface area (Å²) in [5, 5.41) is 13.8. The summed E-state index contributed by atoms with van der Waals surface area (Å²) in [7, 11) is 0. The molecule has 0 fully saturated rings. The van der Waals surface area contributed by atoms with Crippen LogP contribution >= 0.6 is 0 Å². The topological polar surface area (TPSA) is 70.5 Å². The molecule has 0 saturated carbocycles. The van der Waals surface area contributed by atoms with E-state index < -0.39 is 18.1 Å². The van der Waals surface area contributed by atoms with Gasteiger partial charge in [-0.3, -0.25) is 4.57 Å². The van der Waals surface area contributed by atoms with Crippen molar-refractivity contribution in [3.05, 3.63) is 228 Å². The zero-order chi connectivity index (χ0) is 67.0. The number of furan rings is 1. The Labute approximate surface area is 532 Å². The van der Waals surface area contributed by atoms with E-state index >= 15 is 0 Å². The zero-order valence-electron chi connectivity index (χ0n) is 59.0. The maximum Gasteiger partial charge on any atom is 0.145 e. The second-order valence-electron chi connectivity index (χ2n) is 28.4. The third kappa shape index (κ3) is 10.2. The lowest BCUT2D eigenvalue weighted by molar-refractivity contribution is 0.225. The summed E-state index contributed by atoms with van der Waals surface area (Å²) in [6.07, 6.45) is 1.91. The van der Waals surface area contributed by atoms with Crippen LogP contribution in [0.4, 0.5) is 22.7 Å². The van der Waals surface area contributed by atoms with Gasteiger partial charge in [0.25, 0.3) is 0 Å². The monoisotopic (exact) mass is 1170 g/mol. The van der Waals surface area contributed by atoms with Crippen molar-refractivity contribution in [3.63, 3.8) is 0 Å². The molecule has 0 bridgehead atoms. The van der Waals surface area contributed by atoms with Crippen LogP contribution in [0.25, 0.3) is 82.9 Å². The Morgan fingerprint density at radius 3 is 1.85 bits per heavy atom. The van der Waals surface area contributed by atoms with Crippen molar-refractivity contribution in [3.8, 4) is 56.8 Å². The Kier molecular flexibility index (Phi) is 12.9. The number of para-hydroxylation sites is 3. The van der Waals surface area contributed by atoms with Gasteiger partial charge in [0.15, 0.2) is 0 Å². The molecule has 1 aliphatic heterocycles. The van der Waals surface area contributed by atoms with Gasteiger partial charge in [-0.25, -0.2) is 4.98 Å².